The van der Waals surface area contributed by atoms with Crippen LogP contribution in [-0.2, 0) is 25.6 Å². The molecule has 0 aliphatic rings. The molecule has 0 saturated heterocycles. The zero-order valence-electron chi connectivity index (χ0n) is 16.9. The second kappa shape index (κ2) is 10.4. The number of aromatic nitrogens is 1. The van der Waals surface area contributed by atoms with Gasteiger partial charge in [0.2, 0.25) is 17.7 Å². The fourth-order valence-corrected chi connectivity index (χ4v) is 2.96. The van der Waals surface area contributed by atoms with Crippen LogP contribution in [0.4, 0.5) is 0 Å². The highest BCUT2D eigenvalue weighted by Crippen LogP contribution is 2.18. The van der Waals surface area contributed by atoms with Crippen LogP contribution in [0.2, 0.25) is 0 Å². The maximum Gasteiger partial charge on any atom is 0.322 e. The van der Waals surface area contributed by atoms with E-state index in [2.05, 4.69) is 20.9 Å². The number of carbonyl (C=O) groups excluding carboxylic acids is 3. The molecule has 0 saturated carbocycles. The molecule has 1 unspecified atom stereocenters. The minimum atomic E-state index is -1.19. The Hall–Kier alpha value is -3.40. The molecule has 1 aromatic carbocycles. The Labute approximate surface area is 173 Å². The third-order valence-corrected chi connectivity index (χ3v) is 4.55. The Morgan fingerprint density at radius 3 is 2.40 bits per heavy atom. The fourth-order valence-electron chi connectivity index (χ4n) is 2.96. The summed E-state index contributed by atoms with van der Waals surface area (Å²) in [5.41, 5.74) is 7.81. The molecule has 2 rings (SSSR count). The van der Waals surface area contributed by atoms with Gasteiger partial charge in [-0.25, -0.2) is 0 Å². The van der Waals surface area contributed by atoms with Crippen LogP contribution < -0.4 is 21.7 Å². The van der Waals surface area contributed by atoms with Crippen LogP contribution in [0.3, 0.4) is 0 Å². The SMILES string of the molecule is CC(C)C(NC(=O)CNC(=O)[C@@H](N)Cc1c[nH]c2ccccc12)C(=O)NCC(=O)O. The second-order valence-corrected chi connectivity index (χ2v) is 7.29. The van der Waals surface area contributed by atoms with Crippen molar-refractivity contribution < 1.29 is 24.3 Å². The fraction of sp³-hybridized carbons (Fsp3) is 0.400. The predicted molar refractivity (Wildman–Crippen MR) is 110 cm³/mol. The van der Waals surface area contributed by atoms with Crippen molar-refractivity contribution in [2.75, 3.05) is 13.1 Å². The molecular weight excluding hydrogens is 390 g/mol. The summed E-state index contributed by atoms with van der Waals surface area (Å²) < 4.78 is 0. The second-order valence-electron chi connectivity index (χ2n) is 7.29. The monoisotopic (exact) mass is 417 g/mol. The molecular formula is C20H27N5O5. The number of carboxylic acids is 1. The normalized spacial score (nSPS) is 12.9. The van der Waals surface area contributed by atoms with Gasteiger partial charge in [0, 0.05) is 17.1 Å². The number of H-pyrrole nitrogens is 1. The molecule has 10 nitrogen and oxygen atoms in total. The van der Waals surface area contributed by atoms with Crippen LogP contribution >= 0.6 is 0 Å². The van der Waals surface area contributed by atoms with E-state index < -0.39 is 42.3 Å². The summed E-state index contributed by atoms with van der Waals surface area (Å²) in [6, 6.07) is 5.88. The number of amides is 3. The summed E-state index contributed by atoms with van der Waals surface area (Å²) >= 11 is 0. The summed E-state index contributed by atoms with van der Waals surface area (Å²) in [5.74, 6) is -3.14. The largest absolute Gasteiger partial charge is 0.480 e. The van der Waals surface area contributed by atoms with Crippen LogP contribution in [0, 0.1) is 5.92 Å². The summed E-state index contributed by atoms with van der Waals surface area (Å²) in [4.78, 5) is 50.2. The number of fused-ring (bicyclic) bond motifs is 1. The number of carboxylic acid groups (broad SMARTS) is 1. The maximum absolute atomic E-state index is 12.3. The van der Waals surface area contributed by atoms with Crippen molar-refractivity contribution in [1.29, 1.82) is 0 Å². The minimum Gasteiger partial charge on any atom is -0.480 e. The molecule has 1 aromatic heterocycles. The van der Waals surface area contributed by atoms with Crippen LogP contribution in [0.1, 0.15) is 19.4 Å². The number of nitrogens with two attached hydrogens (primary N) is 1. The van der Waals surface area contributed by atoms with E-state index in [1.54, 1.807) is 20.0 Å². The van der Waals surface area contributed by atoms with Crippen LogP contribution in [0.25, 0.3) is 10.9 Å². The Kier molecular flexibility index (Phi) is 7.93. The van der Waals surface area contributed by atoms with Gasteiger partial charge in [0.05, 0.1) is 12.6 Å². The van der Waals surface area contributed by atoms with Crippen LogP contribution in [-0.4, -0.2) is 59.0 Å². The molecule has 162 valence electrons. The number of nitrogens with one attached hydrogen (secondary N) is 4. The zero-order chi connectivity index (χ0) is 22.3. The van der Waals surface area contributed by atoms with Crippen molar-refractivity contribution in [2.24, 2.45) is 11.7 Å². The number of aromatic amines is 1. The highest BCUT2D eigenvalue weighted by molar-refractivity contribution is 5.92. The first-order chi connectivity index (χ1) is 14.2. The van der Waals surface area contributed by atoms with Crippen molar-refractivity contribution in [1.82, 2.24) is 20.9 Å². The smallest absolute Gasteiger partial charge is 0.322 e. The van der Waals surface area contributed by atoms with Gasteiger partial charge in [0.1, 0.15) is 12.6 Å². The maximum atomic E-state index is 12.3. The number of carbonyl (C=O) groups is 4. The van der Waals surface area contributed by atoms with Gasteiger partial charge in [-0.3, -0.25) is 19.2 Å². The van der Waals surface area contributed by atoms with Gasteiger partial charge in [0.15, 0.2) is 0 Å². The molecule has 3 amide bonds. The number of benzene rings is 1. The van der Waals surface area contributed by atoms with Crippen molar-refractivity contribution in [3.63, 3.8) is 0 Å². The van der Waals surface area contributed by atoms with Crippen molar-refractivity contribution in [2.45, 2.75) is 32.4 Å². The summed E-state index contributed by atoms with van der Waals surface area (Å²) in [7, 11) is 0. The van der Waals surface area contributed by atoms with E-state index >= 15 is 0 Å². The average Bonchev–Trinajstić information content (AvgIpc) is 3.11. The molecule has 0 bridgehead atoms. The van der Waals surface area contributed by atoms with Gasteiger partial charge >= 0.3 is 5.97 Å². The van der Waals surface area contributed by atoms with E-state index in [0.29, 0.717) is 6.42 Å². The molecule has 1 heterocycles. The molecule has 0 aliphatic heterocycles. The summed E-state index contributed by atoms with van der Waals surface area (Å²) in [5, 5.41) is 16.8. The third kappa shape index (κ3) is 6.31. The van der Waals surface area contributed by atoms with Crippen molar-refractivity contribution in [3.8, 4) is 0 Å². The highest BCUT2D eigenvalue weighted by atomic mass is 16.4. The van der Waals surface area contributed by atoms with Gasteiger partial charge < -0.3 is 31.8 Å². The standard InChI is InChI=1S/C20H27N5O5/c1-11(2)18(20(30)24-10-17(27)28)25-16(26)9-23-19(29)14(21)7-12-8-22-15-6-4-3-5-13(12)15/h3-6,8,11,14,18,22H,7,9-10,21H2,1-2H3,(H,23,29)(H,24,30)(H,25,26)(H,27,28)/t14-,18?/m0/s1. The van der Waals surface area contributed by atoms with Crippen molar-refractivity contribution in [3.05, 3.63) is 36.0 Å². The topological polar surface area (TPSA) is 166 Å². The first kappa shape index (κ1) is 22.9. The third-order valence-electron chi connectivity index (χ3n) is 4.55. The summed E-state index contributed by atoms with van der Waals surface area (Å²) in [6.45, 7) is 2.52. The van der Waals surface area contributed by atoms with E-state index in [-0.39, 0.29) is 12.5 Å². The summed E-state index contributed by atoms with van der Waals surface area (Å²) in [6.07, 6.45) is 2.09. The molecule has 0 radical (unpaired) electrons. The lowest BCUT2D eigenvalue weighted by Gasteiger charge is -2.21. The van der Waals surface area contributed by atoms with E-state index in [1.165, 1.54) is 0 Å². The minimum absolute atomic E-state index is 0.275. The molecule has 7 N–H and O–H groups in total. The Balaban J connectivity index is 1.85. The first-order valence-electron chi connectivity index (χ1n) is 9.56. The quantitative estimate of drug-likeness (QED) is 0.305. The van der Waals surface area contributed by atoms with Gasteiger partial charge in [-0.05, 0) is 24.0 Å². The Bertz CT molecular complexity index is 923. The van der Waals surface area contributed by atoms with E-state index in [4.69, 9.17) is 10.8 Å². The lowest BCUT2D eigenvalue weighted by atomic mass is 10.0. The Morgan fingerprint density at radius 2 is 1.73 bits per heavy atom. The molecule has 0 spiro atoms. The lowest BCUT2D eigenvalue weighted by molar-refractivity contribution is -0.138. The van der Waals surface area contributed by atoms with Crippen LogP contribution in [0.15, 0.2) is 30.5 Å². The number of hydrogen-bond acceptors (Lipinski definition) is 5. The molecule has 2 atom stereocenters. The first-order valence-corrected chi connectivity index (χ1v) is 9.56. The van der Waals surface area contributed by atoms with Crippen molar-refractivity contribution >= 4 is 34.6 Å². The van der Waals surface area contributed by atoms with Crippen LogP contribution in [0.5, 0.6) is 0 Å². The van der Waals surface area contributed by atoms with E-state index in [0.717, 1.165) is 16.5 Å². The predicted octanol–water partition coefficient (Wildman–Crippen LogP) is -0.504. The zero-order valence-corrected chi connectivity index (χ0v) is 16.9. The van der Waals surface area contributed by atoms with Gasteiger partial charge in [0.25, 0.3) is 0 Å². The average molecular weight is 417 g/mol. The number of aliphatic carboxylic acids is 1. The van der Waals surface area contributed by atoms with Gasteiger partial charge in [-0.2, -0.15) is 0 Å². The van der Waals surface area contributed by atoms with E-state index in [9.17, 15) is 19.2 Å². The van der Waals surface area contributed by atoms with Gasteiger partial charge in [-0.15, -0.1) is 0 Å². The molecule has 0 fully saturated rings. The number of para-hydroxylation sites is 1. The van der Waals surface area contributed by atoms with Gasteiger partial charge in [-0.1, -0.05) is 32.0 Å². The number of hydrogen-bond donors (Lipinski definition) is 6. The van der Waals surface area contributed by atoms with E-state index in [1.807, 2.05) is 24.3 Å². The number of rotatable bonds is 10. The molecule has 10 heteroatoms. The molecule has 30 heavy (non-hydrogen) atoms. The molecule has 2 aromatic rings. The molecule has 0 aliphatic carbocycles. The lowest BCUT2D eigenvalue weighted by Crippen LogP contribution is -2.53. The highest BCUT2D eigenvalue weighted by Gasteiger charge is 2.25. The Morgan fingerprint density at radius 1 is 1.07 bits per heavy atom.